The van der Waals surface area contributed by atoms with Gasteiger partial charge in [0.2, 0.25) is 0 Å². The predicted molar refractivity (Wildman–Crippen MR) is 60.6 cm³/mol. The lowest BCUT2D eigenvalue weighted by molar-refractivity contribution is -0.418. The van der Waals surface area contributed by atoms with Crippen molar-refractivity contribution in [1.29, 1.82) is 0 Å². The van der Waals surface area contributed by atoms with E-state index in [1.807, 2.05) is 0 Å². The molecule has 0 aromatic heterocycles. The van der Waals surface area contributed by atoms with Gasteiger partial charge in [0, 0.05) is 0 Å². The smallest absolute Gasteiger partial charge is 0.410 e. The molecule has 0 heterocycles. The minimum Gasteiger partial charge on any atom is -0.464 e. The van der Waals surface area contributed by atoms with Crippen molar-refractivity contribution in [2.24, 2.45) is 0 Å². The molecule has 0 saturated carbocycles. The molecule has 0 unspecified atom stereocenters. The Kier molecular flexibility index (Phi) is 6.10. The first-order chi connectivity index (χ1) is 10.3. The lowest BCUT2D eigenvalue weighted by Crippen LogP contribution is -2.72. The van der Waals surface area contributed by atoms with Crippen molar-refractivity contribution >= 4 is 28.6 Å². The molecule has 0 atom stereocenters. The summed E-state index contributed by atoms with van der Waals surface area (Å²) >= 11 is 0.359. The molecule has 24 heavy (non-hydrogen) atoms. The molecule has 0 aliphatic heterocycles. The average Bonchev–Trinajstić information content (AvgIpc) is 2.44. The molecule has 0 aromatic rings. The maximum atomic E-state index is 13.1. The van der Waals surface area contributed by atoms with E-state index in [0.29, 0.717) is 22.6 Å². The number of halogens is 13. The highest BCUT2D eigenvalue weighted by molar-refractivity contribution is 14.1. The minimum atomic E-state index is -7.75. The highest BCUT2D eigenvalue weighted by Crippen LogP contribution is 2.60. The largest absolute Gasteiger partial charge is 0.464 e. The van der Waals surface area contributed by atoms with E-state index in [1.165, 1.54) is 0 Å². The number of ether oxygens (including phenoxy) is 1. The Morgan fingerprint density at radius 3 is 1.38 bits per heavy atom. The summed E-state index contributed by atoms with van der Waals surface area (Å²) in [5, 5.41) is 0. The van der Waals surface area contributed by atoms with Gasteiger partial charge in [-0.2, -0.15) is 52.7 Å². The lowest BCUT2D eigenvalue weighted by atomic mass is 9.92. The third-order valence-electron chi connectivity index (χ3n) is 2.65. The normalized spacial score (nSPS) is 15.4. The number of carbonyl (C=O) groups is 1. The maximum absolute atomic E-state index is 13.1. The summed E-state index contributed by atoms with van der Waals surface area (Å²) in [6.45, 7) is 0. The van der Waals surface area contributed by atoms with Crippen molar-refractivity contribution in [3.05, 3.63) is 0 Å². The molecule has 0 N–H and O–H groups in total. The van der Waals surface area contributed by atoms with Crippen LogP contribution in [-0.2, 0) is 9.53 Å². The quantitative estimate of drug-likeness (QED) is 0.224. The molecular weight excluding hydrogens is 495 g/mol. The molecule has 0 amide bonds. The summed E-state index contributed by atoms with van der Waals surface area (Å²) in [6, 6.07) is 0. The van der Waals surface area contributed by atoms with Crippen LogP contribution >= 0.6 is 22.6 Å². The fourth-order valence-corrected chi connectivity index (χ4v) is 1.64. The van der Waals surface area contributed by atoms with Gasteiger partial charge in [0.15, 0.2) is 0 Å². The first-order valence-corrected chi connectivity index (χ1v) is 6.73. The molecule has 144 valence electrons. The lowest BCUT2D eigenvalue weighted by Gasteiger charge is -2.40. The molecule has 0 radical (unpaired) electrons. The van der Waals surface area contributed by atoms with Crippen LogP contribution in [0.25, 0.3) is 0 Å². The molecule has 15 heteroatoms. The van der Waals surface area contributed by atoms with E-state index < -0.39 is 45.9 Å². The zero-order valence-corrected chi connectivity index (χ0v) is 13.1. The highest BCUT2D eigenvalue weighted by Gasteiger charge is 2.91. The topological polar surface area (TPSA) is 26.3 Å². The van der Waals surface area contributed by atoms with Gasteiger partial charge in [-0.05, 0) is 0 Å². The SMILES string of the molecule is COC(=O)C(F)(F)C(F)(F)C(F)(F)C(F)(F)C(F)(F)C(F)(F)CI. The Hall–Kier alpha value is -0.640. The van der Waals surface area contributed by atoms with E-state index >= 15 is 0 Å². The number of hydrogen-bond acceptors (Lipinski definition) is 2. The van der Waals surface area contributed by atoms with Gasteiger partial charge < -0.3 is 4.74 Å². The van der Waals surface area contributed by atoms with Gasteiger partial charge in [0.05, 0.1) is 11.5 Å². The molecule has 0 rings (SSSR count). The summed E-state index contributed by atoms with van der Waals surface area (Å²) in [5.74, 6) is -46.2. The first kappa shape index (κ1) is 23.4. The van der Waals surface area contributed by atoms with Crippen LogP contribution in [0.1, 0.15) is 0 Å². The van der Waals surface area contributed by atoms with E-state index in [4.69, 9.17) is 0 Å². The maximum Gasteiger partial charge on any atom is 0.410 e. The van der Waals surface area contributed by atoms with Gasteiger partial charge in [-0.1, -0.05) is 22.6 Å². The van der Waals surface area contributed by atoms with Gasteiger partial charge in [0.25, 0.3) is 0 Å². The number of carbonyl (C=O) groups excluding carboxylic acids is 1. The second kappa shape index (κ2) is 6.26. The van der Waals surface area contributed by atoms with Crippen LogP contribution in [-0.4, -0.2) is 53.0 Å². The van der Waals surface area contributed by atoms with Gasteiger partial charge in [-0.3, -0.25) is 0 Å². The molecular formula is C9H5F12IO2. The van der Waals surface area contributed by atoms with Gasteiger partial charge in [-0.15, -0.1) is 0 Å². The predicted octanol–water partition coefficient (Wildman–Crippen LogP) is 4.41. The molecule has 0 aromatic carbocycles. The number of methoxy groups -OCH3 is 1. The minimum absolute atomic E-state index is 0.0263. The van der Waals surface area contributed by atoms with Crippen molar-refractivity contribution in [2.75, 3.05) is 11.5 Å². The number of rotatable bonds is 7. The second-order valence-corrected chi connectivity index (χ2v) is 4.96. The fraction of sp³-hybridized carbons (Fsp3) is 0.889. The zero-order valence-electron chi connectivity index (χ0n) is 10.9. The standard InChI is InChI=1S/C9H5F12IO2/c1-24-3(23)5(12,13)7(16,17)9(20,21)8(18,19)6(14,15)4(10,11)2-22/h2H2,1H3. The number of hydrogen-bond donors (Lipinski definition) is 0. The van der Waals surface area contributed by atoms with Gasteiger partial charge in [-0.25, -0.2) is 4.79 Å². The van der Waals surface area contributed by atoms with Crippen molar-refractivity contribution in [2.45, 2.75) is 35.5 Å². The van der Waals surface area contributed by atoms with Crippen molar-refractivity contribution in [1.82, 2.24) is 0 Å². The molecule has 0 aliphatic rings. The Morgan fingerprint density at radius 2 is 1.08 bits per heavy atom. The summed E-state index contributed by atoms with van der Waals surface area (Å²) in [7, 11) is -0.0263. The Bertz CT molecular complexity index is 489. The molecule has 0 fully saturated rings. The van der Waals surface area contributed by atoms with Gasteiger partial charge >= 0.3 is 41.5 Å². The summed E-state index contributed by atoms with van der Waals surface area (Å²) in [4.78, 5) is 10.4. The number of esters is 1. The van der Waals surface area contributed by atoms with E-state index in [-0.39, 0.29) is 7.11 Å². The molecule has 0 spiro atoms. The average molecular weight is 500 g/mol. The number of alkyl halides is 13. The summed E-state index contributed by atoms with van der Waals surface area (Å²) in [6.07, 6.45) is 0. The van der Waals surface area contributed by atoms with Crippen LogP contribution in [0.4, 0.5) is 52.7 Å². The van der Waals surface area contributed by atoms with Crippen LogP contribution in [0.15, 0.2) is 0 Å². The van der Waals surface area contributed by atoms with Crippen molar-refractivity contribution < 1.29 is 62.2 Å². The third-order valence-corrected chi connectivity index (χ3v) is 3.60. The Morgan fingerprint density at radius 1 is 0.750 bits per heavy atom. The fourth-order valence-electron chi connectivity index (χ4n) is 1.16. The Balaban J connectivity index is 6.35. The van der Waals surface area contributed by atoms with Crippen LogP contribution < -0.4 is 0 Å². The molecule has 0 bridgehead atoms. The van der Waals surface area contributed by atoms with E-state index in [2.05, 4.69) is 4.74 Å². The van der Waals surface area contributed by atoms with Gasteiger partial charge in [0.1, 0.15) is 0 Å². The van der Waals surface area contributed by atoms with E-state index in [0.717, 1.165) is 0 Å². The van der Waals surface area contributed by atoms with E-state index in [1.54, 1.807) is 0 Å². The van der Waals surface area contributed by atoms with Crippen LogP contribution in [0.3, 0.4) is 0 Å². The third kappa shape index (κ3) is 2.89. The highest BCUT2D eigenvalue weighted by atomic mass is 127. The first-order valence-electron chi connectivity index (χ1n) is 5.21. The van der Waals surface area contributed by atoms with E-state index in [9.17, 15) is 57.5 Å². The molecule has 2 nitrogen and oxygen atoms in total. The zero-order chi connectivity index (χ0) is 20.0. The van der Waals surface area contributed by atoms with Crippen molar-refractivity contribution in [3.8, 4) is 0 Å². The van der Waals surface area contributed by atoms with Crippen molar-refractivity contribution in [3.63, 3.8) is 0 Å². The van der Waals surface area contributed by atoms with Crippen LogP contribution in [0.5, 0.6) is 0 Å². The van der Waals surface area contributed by atoms with Crippen LogP contribution in [0.2, 0.25) is 0 Å². The molecule has 0 aliphatic carbocycles. The monoisotopic (exact) mass is 500 g/mol. The molecule has 0 saturated heterocycles. The van der Waals surface area contributed by atoms with Crippen LogP contribution in [0, 0.1) is 0 Å². The Labute approximate surface area is 138 Å². The second-order valence-electron chi connectivity index (χ2n) is 4.20. The summed E-state index contributed by atoms with van der Waals surface area (Å²) < 4.78 is 157. The summed E-state index contributed by atoms with van der Waals surface area (Å²) in [5.41, 5.74) is 0.